The van der Waals surface area contributed by atoms with Gasteiger partial charge in [-0.2, -0.15) is 0 Å². The molecule has 2 aliphatic rings. The van der Waals surface area contributed by atoms with Crippen LogP contribution in [0.25, 0.3) is 6.08 Å². The predicted molar refractivity (Wildman–Crippen MR) is 106 cm³/mol. The standard InChI is InChI=1S/C13H15.C11H17.2HI.Zr/c1-10(2)7-11-8-12-5-3-4-6-13(12)9-11;1-6-11-9(4)7(2)8(3)10(11)5;;;/h3-6,8-10H,7H2,1-2H3;6H2,1-5H3;2*1H;/q;;;;+2/p-2. The second-order valence-electron chi connectivity index (χ2n) is 8.28. The molecule has 3 rings (SSSR count). The summed E-state index contributed by atoms with van der Waals surface area (Å²) in [6, 6.07) is 9.17. The van der Waals surface area contributed by atoms with Crippen molar-refractivity contribution in [1.82, 2.24) is 0 Å². The molecule has 1 aromatic carbocycles. The van der Waals surface area contributed by atoms with E-state index >= 15 is 0 Å². The molecule has 3 heteroatoms. The van der Waals surface area contributed by atoms with Gasteiger partial charge < -0.3 is 48.0 Å². The Kier molecular flexibility index (Phi) is 9.75. The minimum atomic E-state index is -0.745. The van der Waals surface area contributed by atoms with Gasteiger partial charge in [0, 0.05) is 0 Å². The van der Waals surface area contributed by atoms with Crippen LogP contribution in [0.5, 0.6) is 0 Å². The predicted octanol–water partition coefficient (Wildman–Crippen LogP) is 1.52. The van der Waals surface area contributed by atoms with Gasteiger partial charge in [-0.25, -0.2) is 0 Å². The van der Waals surface area contributed by atoms with Crippen LogP contribution in [-0.2, 0) is 23.2 Å². The summed E-state index contributed by atoms with van der Waals surface area (Å²) in [4.78, 5) is 0. The summed E-state index contributed by atoms with van der Waals surface area (Å²) in [5, 5.41) is 0. The summed E-state index contributed by atoms with van der Waals surface area (Å²) in [6.07, 6.45) is 5.06. The Balaban J connectivity index is 0.00000182. The zero-order valence-electron chi connectivity index (χ0n) is 17.7. The minimum absolute atomic E-state index is 0. The molecule has 0 N–H and O–H groups in total. The average molecular weight is 666 g/mol. The van der Waals surface area contributed by atoms with E-state index < -0.39 is 23.2 Å². The molecule has 0 fully saturated rings. The van der Waals surface area contributed by atoms with Crippen LogP contribution in [0, 0.1) is 5.92 Å². The molecule has 0 bridgehead atoms. The molecule has 0 nitrogen and oxygen atoms in total. The van der Waals surface area contributed by atoms with Gasteiger partial charge in [-0.3, -0.25) is 0 Å². The van der Waals surface area contributed by atoms with Crippen LogP contribution in [0.15, 0.2) is 52.1 Å². The van der Waals surface area contributed by atoms with Crippen molar-refractivity contribution in [2.24, 2.45) is 5.92 Å². The van der Waals surface area contributed by atoms with Crippen LogP contribution in [-0.4, -0.2) is 0 Å². The Morgan fingerprint density at radius 3 is 2.04 bits per heavy atom. The summed E-state index contributed by atoms with van der Waals surface area (Å²) in [5.41, 5.74) is 11.3. The van der Waals surface area contributed by atoms with Crippen LogP contribution >= 0.6 is 0 Å². The Bertz CT molecular complexity index is 759. The number of allylic oxidation sites excluding steroid dienone is 5. The fourth-order valence-corrected chi connectivity index (χ4v) is 10.5. The van der Waals surface area contributed by atoms with E-state index in [0.29, 0.717) is 3.12 Å². The number of hydrogen-bond acceptors (Lipinski definition) is 0. The Hall–Kier alpha value is 0.783. The summed E-state index contributed by atoms with van der Waals surface area (Å²) in [7, 11) is 0. The van der Waals surface area contributed by atoms with Gasteiger partial charge >= 0.3 is 167 Å². The molecule has 1 aromatic rings. The maximum Gasteiger partial charge on any atom is -1.00 e. The number of rotatable bonds is 5. The first-order valence-corrected chi connectivity index (χ1v) is 12.4. The molecule has 0 saturated heterocycles. The summed E-state index contributed by atoms with van der Waals surface area (Å²) < 4.78 is 1.15. The molecular weight excluding hydrogens is 633 g/mol. The SMILES string of the molecule is CC[C]1([Zr+2][CH]2C(CC(C)C)=Cc3ccccc32)C(C)=C(C)C(C)=C1C.[I-].[I-]. The van der Waals surface area contributed by atoms with Crippen molar-refractivity contribution >= 4 is 6.08 Å². The van der Waals surface area contributed by atoms with E-state index in [1.54, 1.807) is 33.4 Å². The number of hydrogen-bond donors (Lipinski definition) is 0. The maximum atomic E-state index is 2.52. The molecule has 1 atom stereocenters. The molecule has 146 valence electrons. The molecule has 0 heterocycles. The molecule has 0 amide bonds. The van der Waals surface area contributed by atoms with Crippen molar-refractivity contribution in [3.63, 3.8) is 0 Å². The molecule has 2 aliphatic carbocycles. The second kappa shape index (κ2) is 10.2. The average Bonchev–Trinajstić information content (AvgIpc) is 2.99. The van der Waals surface area contributed by atoms with Crippen LogP contribution in [0.2, 0.25) is 3.12 Å². The zero-order valence-corrected chi connectivity index (χ0v) is 24.5. The fraction of sp³-hybridized carbons (Fsp3) is 0.500. The molecule has 1 unspecified atom stereocenters. The smallest absolute Gasteiger partial charge is 1.00 e. The maximum absolute atomic E-state index is 2.52. The van der Waals surface area contributed by atoms with Crippen LogP contribution in [0.1, 0.15) is 76.1 Å². The van der Waals surface area contributed by atoms with Crippen LogP contribution in [0.3, 0.4) is 0 Å². The van der Waals surface area contributed by atoms with Gasteiger partial charge in [0.15, 0.2) is 0 Å². The number of fused-ring (bicyclic) bond motifs is 1. The third-order valence-corrected chi connectivity index (χ3v) is 12.9. The van der Waals surface area contributed by atoms with Crippen molar-refractivity contribution < 1.29 is 71.2 Å². The summed E-state index contributed by atoms with van der Waals surface area (Å²) >= 11 is -0.745. The fourth-order valence-electron chi connectivity index (χ4n) is 4.79. The summed E-state index contributed by atoms with van der Waals surface area (Å²) in [6.45, 7) is 16.7. The Morgan fingerprint density at radius 2 is 1.52 bits per heavy atom. The molecule has 0 aromatic heterocycles. The molecule has 27 heavy (non-hydrogen) atoms. The van der Waals surface area contributed by atoms with Gasteiger partial charge in [0.1, 0.15) is 0 Å². The van der Waals surface area contributed by atoms with E-state index in [4.69, 9.17) is 0 Å². The van der Waals surface area contributed by atoms with Crippen molar-refractivity contribution in [3.8, 4) is 0 Å². The van der Waals surface area contributed by atoms with E-state index in [1.165, 1.54) is 18.4 Å². The van der Waals surface area contributed by atoms with E-state index in [2.05, 4.69) is 78.8 Å². The monoisotopic (exact) mass is 664 g/mol. The quantitative estimate of drug-likeness (QED) is 0.419. The van der Waals surface area contributed by atoms with Crippen molar-refractivity contribution in [2.45, 2.75) is 68.1 Å². The third-order valence-electron chi connectivity index (χ3n) is 6.55. The van der Waals surface area contributed by atoms with E-state index in [9.17, 15) is 0 Å². The van der Waals surface area contributed by atoms with Gasteiger partial charge in [0.05, 0.1) is 0 Å². The Morgan fingerprint density at radius 1 is 0.963 bits per heavy atom. The molecule has 0 aliphatic heterocycles. The first-order chi connectivity index (χ1) is 11.8. The second-order valence-corrected chi connectivity index (χ2v) is 12.5. The normalized spacial score (nSPS) is 20.1. The first kappa shape index (κ1) is 25.8. The molecule has 0 spiro atoms. The van der Waals surface area contributed by atoms with Gasteiger partial charge in [0.25, 0.3) is 0 Å². The van der Waals surface area contributed by atoms with Gasteiger partial charge in [-0.1, -0.05) is 0 Å². The first-order valence-electron chi connectivity index (χ1n) is 9.75. The van der Waals surface area contributed by atoms with Crippen LogP contribution in [0.4, 0.5) is 0 Å². The van der Waals surface area contributed by atoms with E-state index in [-0.39, 0.29) is 48.0 Å². The molecule has 0 radical (unpaired) electrons. The van der Waals surface area contributed by atoms with E-state index in [1.807, 2.05) is 0 Å². The third kappa shape index (κ3) is 4.60. The van der Waals surface area contributed by atoms with Crippen molar-refractivity contribution in [3.05, 3.63) is 63.3 Å². The number of benzene rings is 1. The van der Waals surface area contributed by atoms with E-state index in [0.717, 1.165) is 9.54 Å². The molecule has 0 saturated carbocycles. The van der Waals surface area contributed by atoms with Gasteiger partial charge in [-0.05, 0) is 0 Å². The largest absolute Gasteiger partial charge is 1.00 e. The van der Waals surface area contributed by atoms with Gasteiger partial charge in [0.2, 0.25) is 0 Å². The van der Waals surface area contributed by atoms with Crippen molar-refractivity contribution in [2.75, 3.05) is 0 Å². The van der Waals surface area contributed by atoms with Gasteiger partial charge in [-0.15, -0.1) is 0 Å². The van der Waals surface area contributed by atoms with Crippen molar-refractivity contribution in [1.29, 1.82) is 0 Å². The zero-order chi connectivity index (χ0) is 18.4. The molecular formula is C24H32I2Zr. The van der Waals surface area contributed by atoms with Crippen LogP contribution < -0.4 is 48.0 Å². The Labute approximate surface area is 212 Å². The minimum Gasteiger partial charge on any atom is -1.00 e. The number of halogens is 2. The summed E-state index contributed by atoms with van der Waals surface area (Å²) in [5.74, 6) is 0.736. The topological polar surface area (TPSA) is 0 Å².